The van der Waals surface area contributed by atoms with Gasteiger partial charge in [-0.25, -0.2) is 8.78 Å². The van der Waals surface area contributed by atoms with Gasteiger partial charge in [0.1, 0.15) is 11.6 Å². The lowest BCUT2D eigenvalue weighted by molar-refractivity contribution is 0.574. The third kappa shape index (κ3) is 4.21. The zero-order valence-corrected chi connectivity index (χ0v) is 8.76. The van der Waals surface area contributed by atoms with Crippen LogP contribution in [0.3, 0.4) is 0 Å². The summed E-state index contributed by atoms with van der Waals surface area (Å²) in [6.45, 7) is 5.62. The van der Waals surface area contributed by atoms with Crippen LogP contribution in [0.25, 0.3) is 0 Å². The van der Waals surface area contributed by atoms with Gasteiger partial charge in [-0.3, -0.25) is 0 Å². The number of hydrogen-bond acceptors (Lipinski definition) is 1. The first-order chi connectivity index (χ1) is 6.97. The van der Waals surface area contributed by atoms with Crippen LogP contribution >= 0.6 is 0 Å². The third-order valence-corrected chi connectivity index (χ3v) is 2.03. The second kappa shape index (κ2) is 5.03. The van der Waals surface area contributed by atoms with Crippen molar-refractivity contribution in [2.45, 2.75) is 25.8 Å². The van der Waals surface area contributed by atoms with Gasteiger partial charge >= 0.3 is 0 Å². The van der Waals surface area contributed by atoms with Gasteiger partial charge in [-0.1, -0.05) is 5.57 Å². The molecular weight excluding hydrogens is 196 g/mol. The number of benzene rings is 1. The predicted octanol–water partition coefficient (Wildman–Crippen LogP) is 2.80. The molecule has 0 heterocycles. The summed E-state index contributed by atoms with van der Waals surface area (Å²) in [5.41, 5.74) is 7.36. The molecule has 0 fully saturated rings. The van der Waals surface area contributed by atoms with Crippen molar-refractivity contribution in [1.82, 2.24) is 0 Å². The Balaban J connectivity index is 2.67. The molecule has 1 aromatic rings. The van der Waals surface area contributed by atoms with Gasteiger partial charge in [0, 0.05) is 12.1 Å². The number of halogens is 2. The van der Waals surface area contributed by atoms with Gasteiger partial charge in [0.15, 0.2) is 0 Å². The summed E-state index contributed by atoms with van der Waals surface area (Å²) in [7, 11) is 0. The molecule has 0 amide bonds. The Kier molecular flexibility index (Phi) is 3.97. The summed E-state index contributed by atoms with van der Waals surface area (Å²) in [5, 5.41) is 0. The Morgan fingerprint density at radius 2 is 1.87 bits per heavy atom. The summed E-state index contributed by atoms with van der Waals surface area (Å²) in [6.07, 6.45) is 1.12. The van der Waals surface area contributed by atoms with E-state index < -0.39 is 11.6 Å². The van der Waals surface area contributed by atoms with Crippen molar-refractivity contribution in [2.75, 3.05) is 0 Å². The molecule has 0 aliphatic carbocycles. The second-order valence-electron chi connectivity index (χ2n) is 3.90. The van der Waals surface area contributed by atoms with Crippen LogP contribution in [0, 0.1) is 11.6 Å². The van der Waals surface area contributed by atoms with Crippen LogP contribution < -0.4 is 5.73 Å². The quantitative estimate of drug-likeness (QED) is 0.761. The van der Waals surface area contributed by atoms with Crippen molar-refractivity contribution in [1.29, 1.82) is 0 Å². The smallest absolute Gasteiger partial charge is 0.126 e. The van der Waals surface area contributed by atoms with E-state index in [0.29, 0.717) is 18.4 Å². The van der Waals surface area contributed by atoms with Gasteiger partial charge in [-0.2, -0.15) is 0 Å². The minimum absolute atomic E-state index is 0.135. The molecular formula is C12H15F2N. The highest BCUT2D eigenvalue weighted by molar-refractivity contribution is 5.19. The van der Waals surface area contributed by atoms with Crippen LogP contribution in [0.4, 0.5) is 8.78 Å². The molecule has 1 rings (SSSR count). The van der Waals surface area contributed by atoms with E-state index in [-0.39, 0.29) is 6.04 Å². The molecule has 2 N–H and O–H groups in total. The van der Waals surface area contributed by atoms with Gasteiger partial charge < -0.3 is 5.73 Å². The molecule has 82 valence electrons. The van der Waals surface area contributed by atoms with E-state index >= 15 is 0 Å². The van der Waals surface area contributed by atoms with Crippen molar-refractivity contribution in [2.24, 2.45) is 5.73 Å². The Morgan fingerprint density at radius 1 is 1.33 bits per heavy atom. The summed E-state index contributed by atoms with van der Waals surface area (Å²) >= 11 is 0. The van der Waals surface area contributed by atoms with Gasteiger partial charge in [-0.05, 0) is 37.5 Å². The van der Waals surface area contributed by atoms with E-state index in [1.54, 1.807) is 0 Å². The molecule has 0 aromatic heterocycles. The fourth-order valence-electron chi connectivity index (χ4n) is 1.55. The molecule has 15 heavy (non-hydrogen) atoms. The first-order valence-corrected chi connectivity index (χ1v) is 4.82. The maximum Gasteiger partial charge on any atom is 0.126 e. The largest absolute Gasteiger partial charge is 0.327 e. The first kappa shape index (κ1) is 11.9. The van der Waals surface area contributed by atoms with Crippen LogP contribution in [0.1, 0.15) is 18.9 Å². The third-order valence-electron chi connectivity index (χ3n) is 2.03. The molecule has 1 aromatic carbocycles. The fourth-order valence-corrected chi connectivity index (χ4v) is 1.55. The van der Waals surface area contributed by atoms with Crippen molar-refractivity contribution in [3.8, 4) is 0 Å². The van der Waals surface area contributed by atoms with Crippen LogP contribution in [-0.2, 0) is 6.42 Å². The Labute approximate surface area is 88.6 Å². The molecule has 0 aliphatic rings. The fraction of sp³-hybridized carbons (Fsp3) is 0.333. The van der Waals surface area contributed by atoms with E-state index in [9.17, 15) is 8.78 Å². The second-order valence-corrected chi connectivity index (χ2v) is 3.90. The Bertz CT molecular complexity index is 340. The molecule has 1 nitrogen and oxygen atoms in total. The Morgan fingerprint density at radius 3 is 2.33 bits per heavy atom. The number of hydrogen-bond donors (Lipinski definition) is 1. The SMILES string of the molecule is C=C(C)CC(N)Cc1cc(F)cc(F)c1. The lowest BCUT2D eigenvalue weighted by atomic mass is 10.0. The molecule has 0 saturated heterocycles. The van der Waals surface area contributed by atoms with E-state index in [4.69, 9.17) is 5.73 Å². The van der Waals surface area contributed by atoms with Gasteiger partial charge in [0.25, 0.3) is 0 Å². The molecule has 0 aliphatic heterocycles. The Hall–Kier alpha value is -1.22. The van der Waals surface area contributed by atoms with Crippen molar-refractivity contribution >= 4 is 0 Å². The van der Waals surface area contributed by atoms with E-state index in [0.717, 1.165) is 11.6 Å². The first-order valence-electron chi connectivity index (χ1n) is 4.82. The molecule has 0 spiro atoms. The monoisotopic (exact) mass is 211 g/mol. The van der Waals surface area contributed by atoms with Crippen molar-refractivity contribution in [3.05, 3.63) is 47.5 Å². The van der Waals surface area contributed by atoms with E-state index in [1.807, 2.05) is 6.92 Å². The maximum atomic E-state index is 12.8. The van der Waals surface area contributed by atoms with E-state index in [2.05, 4.69) is 6.58 Å². The van der Waals surface area contributed by atoms with Crippen LogP contribution in [-0.4, -0.2) is 6.04 Å². The summed E-state index contributed by atoms with van der Waals surface area (Å²) < 4.78 is 25.7. The number of nitrogens with two attached hydrogens (primary N) is 1. The number of rotatable bonds is 4. The van der Waals surface area contributed by atoms with E-state index in [1.165, 1.54) is 12.1 Å². The summed E-state index contributed by atoms with van der Waals surface area (Å²) in [5.74, 6) is -1.12. The zero-order valence-electron chi connectivity index (χ0n) is 8.76. The maximum absolute atomic E-state index is 12.8. The van der Waals surface area contributed by atoms with Gasteiger partial charge in [-0.15, -0.1) is 6.58 Å². The topological polar surface area (TPSA) is 26.0 Å². The minimum Gasteiger partial charge on any atom is -0.327 e. The average Bonchev–Trinajstić information content (AvgIpc) is 1.98. The van der Waals surface area contributed by atoms with Crippen molar-refractivity contribution in [3.63, 3.8) is 0 Å². The summed E-state index contributed by atoms with van der Waals surface area (Å²) in [6, 6.07) is 3.33. The molecule has 0 bridgehead atoms. The average molecular weight is 211 g/mol. The highest BCUT2D eigenvalue weighted by Crippen LogP contribution is 2.12. The van der Waals surface area contributed by atoms with Gasteiger partial charge in [0.05, 0.1) is 0 Å². The van der Waals surface area contributed by atoms with Crippen LogP contribution in [0.15, 0.2) is 30.4 Å². The molecule has 0 radical (unpaired) electrons. The van der Waals surface area contributed by atoms with Crippen molar-refractivity contribution < 1.29 is 8.78 Å². The lowest BCUT2D eigenvalue weighted by Crippen LogP contribution is -2.23. The molecule has 1 unspecified atom stereocenters. The summed E-state index contributed by atoms with van der Waals surface area (Å²) in [4.78, 5) is 0. The molecule has 1 atom stereocenters. The van der Waals surface area contributed by atoms with Gasteiger partial charge in [0.2, 0.25) is 0 Å². The highest BCUT2D eigenvalue weighted by atomic mass is 19.1. The lowest BCUT2D eigenvalue weighted by Gasteiger charge is -2.11. The van der Waals surface area contributed by atoms with Crippen LogP contribution in [0.2, 0.25) is 0 Å². The predicted molar refractivity (Wildman–Crippen MR) is 57.5 cm³/mol. The highest BCUT2D eigenvalue weighted by Gasteiger charge is 2.06. The zero-order chi connectivity index (χ0) is 11.4. The molecule has 0 saturated carbocycles. The molecule has 3 heteroatoms. The van der Waals surface area contributed by atoms with Crippen LogP contribution in [0.5, 0.6) is 0 Å². The minimum atomic E-state index is -0.562. The normalized spacial score (nSPS) is 12.5. The standard InChI is InChI=1S/C12H15F2N/c1-8(2)3-12(15)6-9-4-10(13)7-11(14)5-9/h4-5,7,12H,1,3,6,15H2,2H3.